The lowest BCUT2D eigenvalue weighted by atomic mass is 9.96. The standard InChI is InChI=1S/C14H21ClN2O4S/c1-9-4-5-16-8-11(9)17-22(18,19)14-7-13(21-3)12(20-2)6-10(14)15/h6-7,9,11,16-17H,4-5,8H2,1-3H3. The molecule has 0 aromatic heterocycles. The molecule has 1 fully saturated rings. The summed E-state index contributed by atoms with van der Waals surface area (Å²) < 4.78 is 38.2. The van der Waals surface area contributed by atoms with Crippen molar-refractivity contribution in [2.75, 3.05) is 27.3 Å². The highest BCUT2D eigenvalue weighted by atomic mass is 35.5. The Kier molecular flexibility index (Phi) is 5.55. The maximum absolute atomic E-state index is 12.6. The van der Waals surface area contributed by atoms with Crippen molar-refractivity contribution >= 4 is 21.6 Å². The third kappa shape index (κ3) is 3.65. The zero-order valence-electron chi connectivity index (χ0n) is 12.8. The fraction of sp³-hybridized carbons (Fsp3) is 0.571. The van der Waals surface area contributed by atoms with Crippen LogP contribution in [0.1, 0.15) is 13.3 Å². The van der Waals surface area contributed by atoms with Crippen LogP contribution in [0.5, 0.6) is 11.5 Å². The van der Waals surface area contributed by atoms with Crippen molar-refractivity contribution in [1.82, 2.24) is 10.0 Å². The van der Waals surface area contributed by atoms with Crippen molar-refractivity contribution < 1.29 is 17.9 Å². The number of halogens is 1. The van der Waals surface area contributed by atoms with Crippen LogP contribution in [0.2, 0.25) is 5.02 Å². The van der Waals surface area contributed by atoms with Gasteiger partial charge in [0.15, 0.2) is 11.5 Å². The molecular weight excluding hydrogens is 328 g/mol. The van der Waals surface area contributed by atoms with E-state index in [4.69, 9.17) is 21.1 Å². The fourth-order valence-corrected chi connectivity index (χ4v) is 4.33. The molecule has 2 rings (SSSR count). The topological polar surface area (TPSA) is 76.7 Å². The predicted octanol–water partition coefficient (Wildman–Crippen LogP) is 1.63. The molecular formula is C14H21ClN2O4S. The van der Waals surface area contributed by atoms with Crippen LogP contribution in [-0.2, 0) is 10.0 Å². The van der Waals surface area contributed by atoms with Gasteiger partial charge in [0.1, 0.15) is 4.90 Å². The summed E-state index contributed by atoms with van der Waals surface area (Å²) >= 11 is 6.11. The lowest BCUT2D eigenvalue weighted by Gasteiger charge is -2.30. The first-order valence-corrected chi connectivity index (χ1v) is 8.89. The molecule has 1 aromatic carbocycles. The molecule has 0 spiro atoms. The molecule has 1 aromatic rings. The highest BCUT2D eigenvalue weighted by Crippen LogP contribution is 2.35. The van der Waals surface area contributed by atoms with Crippen LogP contribution in [0.4, 0.5) is 0 Å². The zero-order valence-corrected chi connectivity index (χ0v) is 14.4. The van der Waals surface area contributed by atoms with Crippen molar-refractivity contribution in [3.8, 4) is 11.5 Å². The van der Waals surface area contributed by atoms with Crippen LogP contribution < -0.4 is 19.5 Å². The predicted molar refractivity (Wildman–Crippen MR) is 85.3 cm³/mol. The average molecular weight is 349 g/mol. The smallest absolute Gasteiger partial charge is 0.242 e. The van der Waals surface area contributed by atoms with Gasteiger partial charge in [0, 0.05) is 24.7 Å². The Morgan fingerprint density at radius 2 is 1.91 bits per heavy atom. The van der Waals surface area contributed by atoms with Crippen molar-refractivity contribution in [3.63, 3.8) is 0 Å². The highest BCUT2D eigenvalue weighted by Gasteiger charge is 2.29. The summed E-state index contributed by atoms with van der Waals surface area (Å²) in [4.78, 5) is -0.00964. The van der Waals surface area contributed by atoms with Gasteiger partial charge in [-0.15, -0.1) is 0 Å². The molecule has 124 valence electrons. The van der Waals surface area contributed by atoms with Crippen LogP contribution >= 0.6 is 11.6 Å². The SMILES string of the molecule is COc1cc(Cl)c(S(=O)(=O)NC2CNCCC2C)cc1OC. The number of nitrogens with one attached hydrogen (secondary N) is 2. The van der Waals surface area contributed by atoms with Gasteiger partial charge in [0.25, 0.3) is 0 Å². The second-order valence-corrected chi connectivity index (χ2v) is 7.43. The quantitative estimate of drug-likeness (QED) is 0.845. The lowest BCUT2D eigenvalue weighted by Crippen LogP contribution is -2.50. The summed E-state index contributed by atoms with van der Waals surface area (Å²) in [6, 6.07) is 2.66. The highest BCUT2D eigenvalue weighted by molar-refractivity contribution is 7.89. The summed E-state index contributed by atoms with van der Waals surface area (Å²) in [5.74, 6) is 0.969. The molecule has 0 bridgehead atoms. The van der Waals surface area contributed by atoms with E-state index >= 15 is 0 Å². The fourth-order valence-electron chi connectivity index (χ4n) is 2.45. The molecule has 0 saturated carbocycles. The van der Waals surface area contributed by atoms with E-state index in [2.05, 4.69) is 10.0 Å². The van der Waals surface area contributed by atoms with E-state index < -0.39 is 10.0 Å². The van der Waals surface area contributed by atoms with Gasteiger partial charge in [-0.05, 0) is 18.9 Å². The molecule has 0 amide bonds. The van der Waals surface area contributed by atoms with Crippen LogP contribution in [0.3, 0.4) is 0 Å². The second-order valence-electron chi connectivity index (χ2n) is 5.34. The van der Waals surface area contributed by atoms with Gasteiger partial charge in [-0.2, -0.15) is 0 Å². The number of methoxy groups -OCH3 is 2. The van der Waals surface area contributed by atoms with Gasteiger partial charge < -0.3 is 14.8 Å². The summed E-state index contributed by atoms with van der Waals surface area (Å²) in [5.41, 5.74) is 0. The number of ether oxygens (including phenoxy) is 2. The number of sulfonamides is 1. The molecule has 1 heterocycles. The van der Waals surface area contributed by atoms with Gasteiger partial charge in [0.2, 0.25) is 10.0 Å². The minimum Gasteiger partial charge on any atom is -0.493 e. The second kappa shape index (κ2) is 7.04. The summed E-state index contributed by atoms with van der Waals surface area (Å²) in [7, 11) is -0.823. The number of hydrogen-bond donors (Lipinski definition) is 2. The van der Waals surface area contributed by atoms with Crippen molar-refractivity contribution in [3.05, 3.63) is 17.2 Å². The Morgan fingerprint density at radius 1 is 1.27 bits per heavy atom. The molecule has 1 aliphatic rings. The minimum atomic E-state index is -3.74. The van der Waals surface area contributed by atoms with E-state index in [1.54, 1.807) is 0 Å². The summed E-state index contributed by atoms with van der Waals surface area (Å²) in [5, 5.41) is 3.29. The van der Waals surface area contributed by atoms with Crippen molar-refractivity contribution in [2.24, 2.45) is 5.92 Å². The first-order valence-electron chi connectivity index (χ1n) is 7.03. The van der Waals surface area contributed by atoms with E-state index in [0.29, 0.717) is 18.0 Å². The van der Waals surface area contributed by atoms with Crippen molar-refractivity contribution in [1.29, 1.82) is 0 Å². The van der Waals surface area contributed by atoms with Crippen LogP contribution in [0.25, 0.3) is 0 Å². The van der Waals surface area contributed by atoms with Crippen molar-refractivity contribution in [2.45, 2.75) is 24.3 Å². The van der Waals surface area contributed by atoms with E-state index in [9.17, 15) is 8.42 Å². The number of rotatable bonds is 5. The molecule has 1 saturated heterocycles. The molecule has 8 heteroatoms. The molecule has 6 nitrogen and oxygen atoms in total. The number of hydrogen-bond acceptors (Lipinski definition) is 5. The Morgan fingerprint density at radius 3 is 2.50 bits per heavy atom. The van der Waals surface area contributed by atoms with Crippen LogP contribution in [-0.4, -0.2) is 41.8 Å². The maximum Gasteiger partial charge on any atom is 0.242 e. The van der Waals surface area contributed by atoms with Gasteiger partial charge in [-0.25, -0.2) is 13.1 Å². The van der Waals surface area contributed by atoms with E-state index in [1.807, 2.05) is 6.92 Å². The number of piperidine rings is 1. The Labute approximate surface area is 136 Å². The molecule has 2 unspecified atom stereocenters. The summed E-state index contributed by atoms with van der Waals surface area (Å²) in [6.45, 7) is 3.53. The van der Waals surface area contributed by atoms with Gasteiger partial charge in [-0.3, -0.25) is 0 Å². The van der Waals surface area contributed by atoms with Gasteiger partial charge in [-0.1, -0.05) is 18.5 Å². The third-order valence-corrected chi connectivity index (χ3v) is 5.82. The van der Waals surface area contributed by atoms with Gasteiger partial charge in [0.05, 0.1) is 19.2 Å². The molecule has 1 aliphatic heterocycles. The first-order chi connectivity index (χ1) is 10.4. The lowest BCUT2D eigenvalue weighted by molar-refractivity contribution is 0.327. The molecule has 22 heavy (non-hydrogen) atoms. The Balaban J connectivity index is 2.32. The molecule has 0 radical (unpaired) electrons. The third-order valence-electron chi connectivity index (χ3n) is 3.86. The van der Waals surface area contributed by atoms with E-state index in [1.165, 1.54) is 26.4 Å². The summed E-state index contributed by atoms with van der Waals surface area (Å²) in [6.07, 6.45) is 0.923. The number of benzene rings is 1. The molecule has 0 aliphatic carbocycles. The zero-order chi connectivity index (χ0) is 16.3. The Hall–Kier alpha value is -1.02. The van der Waals surface area contributed by atoms with Crippen LogP contribution in [0, 0.1) is 5.92 Å². The normalized spacial score (nSPS) is 22.4. The largest absolute Gasteiger partial charge is 0.493 e. The Bertz CT molecular complexity index is 636. The minimum absolute atomic E-state index is 0.00964. The molecule has 2 atom stereocenters. The van der Waals surface area contributed by atoms with Gasteiger partial charge >= 0.3 is 0 Å². The maximum atomic E-state index is 12.6. The van der Waals surface area contributed by atoms with Crippen LogP contribution in [0.15, 0.2) is 17.0 Å². The molecule has 2 N–H and O–H groups in total. The van der Waals surface area contributed by atoms with E-state index in [-0.39, 0.29) is 21.9 Å². The average Bonchev–Trinajstić information content (AvgIpc) is 2.48. The monoisotopic (exact) mass is 348 g/mol. The van der Waals surface area contributed by atoms with E-state index in [0.717, 1.165) is 13.0 Å². The first kappa shape index (κ1) is 17.3.